The number of nitrogens with zero attached hydrogens (tertiary/aromatic N) is 1. The van der Waals surface area contributed by atoms with Crippen LogP contribution in [0, 0.1) is 16.7 Å². The van der Waals surface area contributed by atoms with E-state index in [-0.39, 0.29) is 28.9 Å². The van der Waals surface area contributed by atoms with E-state index in [2.05, 4.69) is 23.1 Å². The van der Waals surface area contributed by atoms with Gasteiger partial charge in [0.1, 0.15) is 18.0 Å². The highest BCUT2D eigenvalue weighted by Crippen LogP contribution is 2.76. The average Bonchev–Trinajstić information content (AvgIpc) is 3.58. The third-order valence-corrected chi connectivity index (χ3v) is 9.90. The Balaban J connectivity index is 1.54. The fourth-order valence-corrected chi connectivity index (χ4v) is 8.40. The van der Waals surface area contributed by atoms with Crippen molar-refractivity contribution < 1.29 is 23.8 Å². The van der Waals surface area contributed by atoms with Crippen LogP contribution in [0.1, 0.15) is 43.7 Å². The van der Waals surface area contributed by atoms with Gasteiger partial charge in [-0.1, -0.05) is 18.2 Å². The predicted molar refractivity (Wildman–Crippen MR) is 116 cm³/mol. The van der Waals surface area contributed by atoms with Crippen molar-refractivity contribution in [2.75, 3.05) is 20.8 Å². The van der Waals surface area contributed by atoms with Crippen molar-refractivity contribution in [3.05, 3.63) is 35.4 Å². The summed E-state index contributed by atoms with van der Waals surface area (Å²) in [7, 11) is 3.37. The van der Waals surface area contributed by atoms with Gasteiger partial charge in [-0.05, 0) is 50.7 Å². The lowest BCUT2D eigenvalue weighted by Gasteiger charge is -2.72. The fraction of sp³-hybridized carbons (Fsp3) is 0.615. The van der Waals surface area contributed by atoms with Crippen molar-refractivity contribution in [2.45, 2.75) is 62.2 Å². The number of piperidine rings is 1. The van der Waals surface area contributed by atoms with Crippen molar-refractivity contribution in [1.82, 2.24) is 4.90 Å². The highest BCUT2D eigenvalue weighted by molar-refractivity contribution is 5.83. The lowest BCUT2D eigenvalue weighted by atomic mass is 9.34. The second kappa shape index (κ2) is 5.58. The molecule has 6 nitrogen and oxygen atoms in total. The van der Waals surface area contributed by atoms with Gasteiger partial charge in [0.2, 0.25) is 5.91 Å². The van der Waals surface area contributed by atoms with Crippen LogP contribution in [0.3, 0.4) is 0 Å². The Hall–Kier alpha value is -2.34. The first-order valence-electron chi connectivity index (χ1n) is 11.8. The molecular weight excluding hydrogens is 406 g/mol. The maximum Gasteiger partial charge on any atom is 0.225 e. The van der Waals surface area contributed by atoms with Gasteiger partial charge in [0.05, 0.1) is 17.9 Å². The minimum atomic E-state index is -0.859. The molecule has 2 saturated carbocycles. The minimum absolute atomic E-state index is 0.0213. The maximum atomic E-state index is 13.4. The molecular formula is C26H29NO5. The van der Waals surface area contributed by atoms with Crippen molar-refractivity contribution in [3.63, 3.8) is 0 Å². The van der Waals surface area contributed by atoms with E-state index in [1.807, 2.05) is 13.0 Å². The van der Waals surface area contributed by atoms with Crippen LogP contribution in [0.15, 0.2) is 24.3 Å². The number of likely N-dealkylation sites (tertiary alicyclic amines) is 1. The molecule has 2 heterocycles. The number of amides is 1. The number of carbonyl (C=O) groups excluding carboxylic acids is 2. The van der Waals surface area contributed by atoms with E-state index in [0.29, 0.717) is 12.3 Å². The number of fused-ring (bicyclic) bond motifs is 1. The zero-order chi connectivity index (χ0) is 22.1. The molecule has 1 aromatic rings. The van der Waals surface area contributed by atoms with Crippen LogP contribution < -0.4 is 9.47 Å². The zero-order valence-corrected chi connectivity index (χ0v) is 18.8. The molecule has 2 aliphatic heterocycles. The SMILES string of the molecule is COc1ccc2c3c1O[C@@H]1[C@]34CCN(C(=O)C3CC3)[C@H](C2)C42C=C[C@@]1(OC)[C@@](C)(C=O)C2. The van der Waals surface area contributed by atoms with Gasteiger partial charge in [-0.2, -0.15) is 0 Å². The van der Waals surface area contributed by atoms with Gasteiger partial charge < -0.3 is 23.9 Å². The van der Waals surface area contributed by atoms with Gasteiger partial charge in [0.15, 0.2) is 11.5 Å². The molecule has 0 radical (unpaired) electrons. The Morgan fingerprint density at radius 1 is 1.25 bits per heavy atom. The molecule has 0 aromatic heterocycles. The zero-order valence-electron chi connectivity index (χ0n) is 18.8. The highest BCUT2D eigenvalue weighted by atomic mass is 16.6. The Bertz CT molecular complexity index is 1110. The van der Waals surface area contributed by atoms with Crippen molar-refractivity contribution >= 4 is 12.2 Å². The minimum Gasteiger partial charge on any atom is -0.493 e. The number of methoxy groups -OCH3 is 2. The number of benzene rings is 1. The number of hydrogen-bond acceptors (Lipinski definition) is 5. The summed E-state index contributed by atoms with van der Waals surface area (Å²) in [6, 6.07) is 4.16. The molecule has 0 N–H and O–H groups in total. The third kappa shape index (κ3) is 1.73. The molecule has 8 rings (SSSR count). The molecule has 4 bridgehead atoms. The van der Waals surface area contributed by atoms with Crippen LogP contribution in [0.25, 0.3) is 0 Å². The summed E-state index contributed by atoms with van der Waals surface area (Å²) in [6.07, 6.45) is 9.37. The monoisotopic (exact) mass is 435 g/mol. The first-order chi connectivity index (χ1) is 15.4. The van der Waals surface area contributed by atoms with Crippen molar-refractivity contribution in [2.24, 2.45) is 16.7 Å². The van der Waals surface area contributed by atoms with E-state index in [9.17, 15) is 9.59 Å². The second-order valence-corrected chi connectivity index (χ2v) is 11.0. The van der Waals surface area contributed by atoms with Crippen LogP contribution in [-0.2, 0) is 26.2 Å². The predicted octanol–water partition coefficient (Wildman–Crippen LogP) is 2.81. The third-order valence-electron chi connectivity index (χ3n) is 9.90. The fourth-order valence-electron chi connectivity index (χ4n) is 8.40. The second-order valence-electron chi connectivity index (χ2n) is 11.0. The van der Waals surface area contributed by atoms with Crippen LogP contribution in [-0.4, -0.2) is 55.6 Å². The molecule has 168 valence electrons. The molecule has 1 amide bonds. The largest absolute Gasteiger partial charge is 0.493 e. The van der Waals surface area contributed by atoms with Crippen LogP contribution in [0.5, 0.6) is 11.5 Å². The van der Waals surface area contributed by atoms with Gasteiger partial charge in [0, 0.05) is 36.6 Å². The summed E-state index contributed by atoms with van der Waals surface area (Å²) in [5.74, 6) is 2.01. The Labute approximate surface area is 187 Å². The molecule has 1 aromatic carbocycles. The molecule has 6 heteroatoms. The quantitative estimate of drug-likeness (QED) is 0.538. The first-order valence-corrected chi connectivity index (χ1v) is 11.8. The number of aldehydes is 1. The Morgan fingerprint density at radius 2 is 2.06 bits per heavy atom. The Kier molecular flexibility index (Phi) is 3.34. The molecule has 1 unspecified atom stereocenters. The molecule has 3 fully saturated rings. The summed E-state index contributed by atoms with van der Waals surface area (Å²) >= 11 is 0. The van der Waals surface area contributed by atoms with Crippen LogP contribution in [0.4, 0.5) is 0 Å². The van der Waals surface area contributed by atoms with Gasteiger partial charge in [0.25, 0.3) is 0 Å². The van der Waals surface area contributed by atoms with E-state index in [4.69, 9.17) is 14.2 Å². The lowest BCUT2D eigenvalue weighted by Crippen LogP contribution is -2.81. The lowest BCUT2D eigenvalue weighted by molar-refractivity contribution is -0.237. The van der Waals surface area contributed by atoms with Gasteiger partial charge in [-0.25, -0.2) is 0 Å². The summed E-state index contributed by atoms with van der Waals surface area (Å²) in [4.78, 5) is 28.2. The van der Waals surface area contributed by atoms with E-state index in [1.54, 1.807) is 14.2 Å². The standard InChI is InChI=1S/C26H29NO5/c1-23(14-28)13-24-8-9-26(23,31-3)22-25(24)10-11-27(21(29)15-4-5-15)18(24)12-16-6-7-17(30-2)20(32-22)19(16)25/h6-9,14-15,18,22H,4-5,10-13H2,1-3H3/t18-,22-,23-,24?,25+,26+/m1/s1. The van der Waals surface area contributed by atoms with Crippen molar-refractivity contribution in [1.29, 1.82) is 0 Å². The van der Waals surface area contributed by atoms with E-state index < -0.39 is 11.0 Å². The van der Waals surface area contributed by atoms with Crippen molar-refractivity contribution in [3.8, 4) is 11.5 Å². The van der Waals surface area contributed by atoms with Crippen LogP contribution >= 0.6 is 0 Å². The molecule has 1 saturated heterocycles. The van der Waals surface area contributed by atoms with Gasteiger partial charge >= 0.3 is 0 Å². The van der Waals surface area contributed by atoms with E-state index in [0.717, 1.165) is 50.0 Å². The molecule has 5 aliphatic carbocycles. The van der Waals surface area contributed by atoms with Gasteiger partial charge in [-0.15, -0.1) is 0 Å². The molecule has 2 spiro atoms. The molecule has 32 heavy (non-hydrogen) atoms. The summed E-state index contributed by atoms with van der Waals surface area (Å²) in [5.41, 5.74) is 0.176. The normalized spacial score (nSPS) is 44.2. The van der Waals surface area contributed by atoms with E-state index >= 15 is 0 Å². The summed E-state index contributed by atoms with van der Waals surface area (Å²) < 4.78 is 18.8. The number of ether oxygens (including phenoxy) is 3. The Morgan fingerprint density at radius 3 is 2.75 bits per heavy atom. The number of rotatable bonds is 4. The summed E-state index contributed by atoms with van der Waals surface area (Å²) in [5, 5.41) is 0. The topological polar surface area (TPSA) is 65.1 Å². The molecule has 6 atom stereocenters. The van der Waals surface area contributed by atoms with E-state index in [1.165, 1.54) is 11.1 Å². The summed E-state index contributed by atoms with van der Waals surface area (Å²) in [6.45, 7) is 2.73. The maximum absolute atomic E-state index is 13.4. The first kappa shape index (κ1) is 19.2. The molecule has 7 aliphatic rings. The van der Waals surface area contributed by atoms with Gasteiger partial charge in [-0.3, -0.25) is 4.79 Å². The number of hydrogen-bond donors (Lipinski definition) is 0. The average molecular weight is 436 g/mol. The van der Waals surface area contributed by atoms with Crippen LogP contribution in [0.2, 0.25) is 0 Å². The smallest absolute Gasteiger partial charge is 0.225 e. The highest BCUT2D eigenvalue weighted by Gasteiger charge is 2.82. The number of carbonyl (C=O) groups is 2.